The lowest BCUT2D eigenvalue weighted by Gasteiger charge is -2.36. The van der Waals surface area contributed by atoms with E-state index in [4.69, 9.17) is 11.6 Å². The molecule has 3 aromatic rings. The Labute approximate surface area is 216 Å². The number of halogens is 1. The molecule has 8 heteroatoms. The molecule has 0 spiro atoms. The zero-order valence-electron chi connectivity index (χ0n) is 20.4. The van der Waals surface area contributed by atoms with Crippen molar-refractivity contribution in [2.24, 2.45) is 0 Å². The van der Waals surface area contributed by atoms with E-state index < -0.39 is 0 Å². The maximum atomic E-state index is 6.98. The molecule has 0 bridgehead atoms. The summed E-state index contributed by atoms with van der Waals surface area (Å²) in [5.74, 6) is 0. The molecular formula is C27H31ClN6S. The molecule has 2 aromatic heterocycles. The number of likely N-dealkylation sites (N-methyl/N-ethyl adjacent to an activating group) is 1. The van der Waals surface area contributed by atoms with Gasteiger partial charge in [0.25, 0.3) is 0 Å². The summed E-state index contributed by atoms with van der Waals surface area (Å²) in [5.41, 5.74) is 6.76. The Morgan fingerprint density at radius 3 is 2.66 bits per heavy atom. The Balaban J connectivity index is 1.30. The third-order valence-electron chi connectivity index (χ3n) is 7.63. The monoisotopic (exact) mass is 506 g/mol. The fourth-order valence-electron chi connectivity index (χ4n) is 5.60. The van der Waals surface area contributed by atoms with Gasteiger partial charge in [0.1, 0.15) is 5.52 Å². The summed E-state index contributed by atoms with van der Waals surface area (Å²) in [6.45, 7) is 9.02. The van der Waals surface area contributed by atoms with Gasteiger partial charge in [-0.15, -0.1) is 0 Å². The van der Waals surface area contributed by atoms with E-state index in [9.17, 15) is 0 Å². The van der Waals surface area contributed by atoms with E-state index in [0.717, 1.165) is 54.5 Å². The molecule has 2 saturated heterocycles. The number of fused-ring (bicyclic) bond motifs is 2. The van der Waals surface area contributed by atoms with Gasteiger partial charge in [-0.3, -0.25) is 9.88 Å². The summed E-state index contributed by atoms with van der Waals surface area (Å²) in [6.07, 6.45) is 8.45. The van der Waals surface area contributed by atoms with Gasteiger partial charge in [-0.25, -0.2) is 9.97 Å². The van der Waals surface area contributed by atoms with E-state index in [-0.39, 0.29) is 0 Å². The van der Waals surface area contributed by atoms with Crippen molar-refractivity contribution in [3.63, 3.8) is 0 Å². The lowest BCUT2D eigenvalue weighted by molar-refractivity contribution is 0.120. The van der Waals surface area contributed by atoms with Crippen LogP contribution in [0.1, 0.15) is 30.9 Å². The number of allylic oxidation sites excluding steroid dienone is 1. The van der Waals surface area contributed by atoms with E-state index in [2.05, 4.69) is 61.8 Å². The van der Waals surface area contributed by atoms with Crippen LogP contribution in [0.3, 0.4) is 0 Å². The quantitative estimate of drug-likeness (QED) is 0.487. The molecule has 3 aliphatic rings. The predicted molar refractivity (Wildman–Crippen MR) is 144 cm³/mol. The predicted octanol–water partition coefficient (Wildman–Crippen LogP) is 4.92. The molecule has 1 aromatic carbocycles. The van der Waals surface area contributed by atoms with Crippen molar-refractivity contribution in [1.29, 1.82) is 0 Å². The lowest BCUT2D eigenvalue weighted by Crippen LogP contribution is -2.49. The third kappa shape index (κ3) is 4.55. The molecule has 0 saturated carbocycles. The Kier molecular flexibility index (Phi) is 6.43. The van der Waals surface area contributed by atoms with Gasteiger partial charge in [-0.05, 0) is 55.6 Å². The Morgan fingerprint density at radius 1 is 1.00 bits per heavy atom. The number of hydrogen-bond acceptors (Lipinski definition) is 7. The first-order chi connectivity index (χ1) is 17.1. The highest BCUT2D eigenvalue weighted by Gasteiger charge is 2.33. The number of rotatable bonds is 5. The fraction of sp³-hybridized carbons (Fsp3) is 0.444. The molecule has 1 aliphatic carbocycles. The first kappa shape index (κ1) is 23.2. The van der Waals surface area contributed by atoms with Crippen LogP contribution in [-0.2, 0) is 6.42 Å². The highest BCUT2D eigenvalue weighted by Crippen LogP contribution is 2.46. The second-order valence-electron chi connectivity index (χ2n) is 9.82. The third-order valence-corrected chi connectivity index (χ3v) is 9.01. The van der Waals surface area contributed by atoms with Crippen molar-refractivity contribution < 1.29 is 0 Å². The summed E-state index contributed by atoms with van der Waals surface area (Å²) in [7, 11) is 2.22. The Hall–Kier alpha value is -2.19. The summed E-state index contributed by atoms with van der Waals surface area (Å²) in [4.78, 5) is 23.3. The van der Waals surface area contributed by atoms with Crippen LogP contribution in [0.15, 0.2) is 52.2 Å². The molecular weight excluding hydrogens is 476 g/mol. The molecule has 1 unspecified atom stereocenters. The normalized spacial score (nSPS) is 21.3. The van der Waals surface area contributed by atoms with Gasteiger partial charge in [-0.1, -0.05) is 30.3 Å². The van der Waals surface area contributed by atoms with Crippen molar-refractivity contribution in [2.45, 2.75) is 42.0 Å². The summed E-state index contributed by atoms with van der Waals surface area (Å²) < 4.78 is 0. The minimum Gasteiger partial charge on any atom is -0.369 e. The maximum absolute atomic E-state index is 6.98. The van der Waals surface area contributed by atoms with Gasteiger partial charge >= 0.3 is 0 Å². The van der Waals surface area contributed by atoms with E-state index >= 15 is 0 Å². The molecule has 182 valence electrons. The van der Waals surface area contributed by atoms with Crippen molar-refractivity contribution >= 4 is 45.2 Å². The zero-order valence-corrected chi connectivity index (χ0v) is 21.9. The number of benzene rings is 1. The van der Waals surface area contributed by atoms with Crippen LogP contribution in [0, 0.1) is 0 Å². The number of anilines is 1. The van der Waals surface area contributed by atoms with Crippen molar-refractivity contribution in [3.8, 4) is 0 Å². The minimum absolute atomic E-state index is 0.619. The Bertz CT molecular complexity index is 1290. The first-order valence-corrected chi connectivity index (χ1v) is 13.8. The SMILES string of the molecule is CCC1=C(Cl)c2c(cc(Sc3cnc4nccnc4c3)cc2N2CCC(N3CCN(C)CC3)C2)C1. The van der Waals surface area contributed by atoms with Crippen LogP contribution in [-0.4, -0.2) is 77.1 Å². The summed E-state index contributed by atoms with van der Waals surface area (Å²) in [6, 6.07) is 7.37. The smallest absolute Gasteiger partial charge is 0.178 e. The van der Waals surface area contributed by atoms with Crippen molar-refractivity contribution in [3.05, 3.63) is 53.5 Å². The van der Waals surface area contributed by atoms with Crippen LogP contribution in [0.5, 0.6) is 0 Å². The number of nitrogens with zero attached hydrogens (tertiary/aromatic N) is 6. The molecule has 6 nitrogen and oxygen atoms in total. The van der Waals surface area contributed by atoms with E-state index in [0.29, 0.717) is 11.7 Å². The molecule has 4 heterocycles. The second kappa shape index (κ2) is 9.69. The van der Waals surface area contributed by atoms with E-state index in [1.807, 2.05) is 6.20 Å². The van der Waals surface area contributed by atoms with Gasteiger partial charge in [0.05, 0.1) is 0 Å². The zero-order chi connectivity index (χ0) is 23.9. The summed E-state index contributed by atoms with van der Waals surface area (Å²) >= 11 is 8.72. The van der Waals surface area contributed by atoms with Gasteiger partial charge < -0.3 is 9.80 Å². The molecule has 35 heavy (non-hydrogen) atoms. The van der Waals surface area contributed by atoms with Gasteiger partial charge in [0.15, 0.2) is 5.65 Å². The average molecular weight is 507 g/mol. The summed E-state index contributed by atoms with van der Waals surface area (Å²) in [5, 5.41) is 0.972. The molecule has 1 atom stereocenters. The molecule has 2 fully saturated rings. The highest BCUT2D eigenvalue weighted by atomic mass is 35.5. The Morgan fingerprint density at radius 2 is 1.83 bits per heavy atom. The van der Waals surface area contributed by atoms with Gasteiger partial charge in [-0.2, -0.15) is 0 Å². The number of hydrogen-bond donors (Lipinski definition) is 0. The second-order valence-corrected chi connectivity index (χ2v) is 11.3. The number of aromatic nitrogens is 3. The minimum atomic E-state index is 0.619. The largest absolute Gasteiger partial charge is 0.369 e. The van der Waals surface area contributed by atoms with Crippen LogP contribution in [0.2, 0.25) is 0 Å². The maximum Gasteiger partial charge on any atom is 0.178 e. The van der Waals surface area contributed by atoms with Crippen LogP contribution >= 0.6 is 23.4 Å². The molecule has 0 amide bonds. The van der Waals surface area contributed by atoms with Crippen LogP contribution in [0.25, 0.3) is 16.2 Å². The average Bonchev–Trinajstić information content (AvgIpc) is 3.49. The van der Waals surface area contributed by atoms with Crippen LogP contribution < -0.4 is 4.90 Å². The van der Waals surface area contributed by atoms with Gasteiger partial charge in [0, 0.05) is 90.0 Å². The van der Waals surface area contributed by atoms with Crippen LogP contribution in [0.4, 0.5) is 5.69 Å². The topological polar surface area (TPSA) is 48.4 Å². The fourth-order valence-corrected chi connectivity index (χ4v) is 6.94. The standard InChI is InChI=1S/C27H31ClN6S/c1-3-18-12-19-13-21(35-22-14-23-27(31-16-22)30-6-5-29-23)15-24(25(19)26(18)28)34-7-4-20(17-34)33-10-8-32(2)9-11-33/h5-6,13-16,20H,3-4,7-12,17H2,1-2H3. The van der Waals surface area contributed by atoms with E-state index in [1.54, 1.807) is 24.2 Å². The van der Waals surface area contributed by atoms with Crippen molar-refractivity contribution in [1.82, 2.24) is 24.8 Å². The molecule has 0 N–H and O–H groups in total. The van der Waals surface area contributed by atoms with E-state index in [1.165, 1.54) is 46.8 Å². The first-order valence-electron chi connectivity index (χ1n) is 12.6. The van der Waals surface area contributed by atoms with Gasteiger partial charge in [0.2, 0.25) is 0 Å². The number of pyridine rings is 1. The van der Waals surface area contributed by atoms with Crippen molar-refractivity contribution in [2.75, 3.05) is 51.2 Å². The lowest BCUT2D eigenvalue weighted by atomic mass is 10.1. The molecule has 6 rings (SSSR count). The highest BCUT2D eigenvalue weighted by molar-refractivity contribution is 7.99. The number of piperazine rings is 1. The molecule has 0 radical (unpaired) electrons. The molecule has 2 aliphatic heterocycles.